The van der Waals surface area contributed by atoms with Crippen molar-refractivity contribution in [1.82, 2.24) is 4.90 Å². The van der Waals surface area contributed by atoms with Gasteiger partial charge in [0.05, 0.1) is 11.5 Å². The summed E-state index contributed by atoms with van der Waals surface area (Å²) in [5, 5.41) is 12.7. The van der Waals surface area contributed by atoms with Gasteiger partial charge in [-0.05, 0) is 102 Å². The van der Waals surface area contributed by atoms with Crippen molar-refractivity contribution in [2.75, 3.05) is 11.6 Å². The number of carbonyl (C=O) groups excluding carboxylic acids is 2. The van der Waals surface area contributed by atoms with Crippen LogP contribution in [-0.4, -0.2) is 45.3 Å². The standard InChI is InChI=1S/C41H42FNO3S/c1-38-17-15-27(44)19-25(38)11-14-28-30(38)16-18-39(2)32(28)20-40(37(39)46)35(24-9-12-26(42)13-10-24)33-21-47-22-43(33)41(40)31-8-4-6-23-5-3-7-29(34(23)31)36(41)45/h3-13,27-28,30,32-33,35,44H,14-22H2,1-2H3/t27-,28+,30-,32-,33-,35-,38-,39-,40-,41-/m0/s1. The summed E-state index contributed by atoms with van der Waals surface area (Å²) in [6.45, 7) is 4.68. The van der Waals surface area contributed by atoms with Crippen LogP contribution in [-0.2, 0) is 10.3 Å². The molecule has 242 valence electrons. The lowest BCUT2D eigenvalue weighted by Gasteiger charge is -2.56. The lowest BCUT2D eigenvalue weighted by molar-refractivity contribution is -0.141. The highest BCUT2D eigenvalue weighted by Crippen LogP contribution is 2.77. The van der Waals surface area contributed by atoms with Crippen molar-refractivity contribution in [3.63, 3.8) is 0 Å². The number of hydrogen-bond acceptors (Lipinski definition) is 5. The molecule has 0 radical (unpaired) electrons. The lowest BCUT2D eigenvalue weighted by Crippen LogP contribution is -2.58. The van der Waals surface area contributed by atoms with Crippen LogP contribution in [0.1, 0.15) is 86.2 Å². The molecule has 5 fully saturated rings. The third kappa shape index (κ3) is 3.25. The Kier molecular flexibility index (Phi) is 5.86. The molecule has 0 bridgehead atoms. The molecule has 2 aliphatic heterocycles. The third-order valence-electron chi connectivity index (χ3n) is 14.9. The second kappa shape index (κ2) is 9.46. The zero-order chi connectivity index (χ0) is 32.1. The van der Waals surface area contributed by atoms with Gasteiger partial charge < -0.3 is 5.11 Å². The molecule has 5 aliphatic carbocycles. The van der Waals surface area contributed by atoms with E-state index in [1.807, 2.05) is 36.0 Å². The average Bonchev–Trinajstić information content (AvgIpc) is 3.77. The fourth-order valence-corrected chi connectivity index (χ4v) is 14.4. The maximum absolute atomic E-state index is 16.1. The van der Waals surface area contributed by atoms with Crippen LogP contribution >= 0.6 is 11.8 Å². The van der Waals surface area contributed by atoms with Crippen LogP contribution < -0.4 is 0 Å². The molecule has 0 unspecified atom stereocenters. The van der Waals surface area contributed by atoms with Crippen LogP contribution in [0.25, 0.3) is 10.8 Å². The topological polar surface area (TPSA) is 57.6 Å². The Balaban J connectivity index is 1.23. The molecular weight excluding hydrogens is 606 g/mol. The summed E-state index contributed by atoms with van der Waals surface area (Å²) in [4.78, 5) is 34.1. The van der Waals surface area contributed by atoms with Gasteiger partial charge in [-0.15, -0.1) is 11.8 Å². The minimum atomic E-state index is -1.09. The molecule has 3 aromatic rings. The first-order valence-corrected chi connectivity index (χ1v) is 18.9. The summed E-state index contributed by atoms with van der Waals surface area (Å²) in [6, 6.07) is 19.3. The minimum absolute atomic E-state index is 0.00215. The Morgan fingerprint density at radius 2 is 1.70 bits per heavy atom. The third-order valence-corrected chi connectivity index (χ3v) is 16.0. The van der Waals surface area contributed by atoms with Crippen molar-refractivity contribution in [2.45, 2.75) is 82.4 Å². The molecule has 1 N–H and O–H groups in total. The van der Waals surface area contributed by atoms with E-state index in [2.05, 4.69) is 49.1 Å². The highest BCUT2D eigenvalue weighted by molar-refractivity contribution is 7.99. The first-order chi connectivity index (χ1) is 22.7. The van der Waals surface area contributed by atoms with Crippen LogP contribution in [0.4, 0.5) is 4.39 Å². The van der Waals surface area contributed by atoms with Crippen molar-refractivity contribution < 1.29 is 19.1 Å². The van der Waals surface area contributed by atoms with Gasteiger partial charge in [-0.2, -0.15) is 0 Å². The van der Waals surface area contributed by atoms with E-state index < -0.39 is 16.4 Å². The zero-order valence-electron chi connectivity index (χ0n) is 27.2. The molecule has 4 nitrogen and oxygen atoms in total. The van der Waals surface area contributed by atoms with Gasteiger partial charge in [0.2, 0.25) is 0 Å². The molecule has 0 amide bonds. The van der Waals surface area contributed by atoms with Crippen molar-refractivity contribution in [1.29, 1.82) is 0 Å². The summed E-state index contributed by atoms with van der Waals surface area (Å²) in [5.74, 6) is 2.39. The number of ketones is 2. The van der Waals surface area contributed by atoms with Crippen molar-refractivity contribution >= 4 is 34.1 Å². The van der Waals surface area contributed by atoms with Crippen LogP contribution in [0, 0.1) is 39.8 Å². The SMILES string of the molecule is C[C@]12CC[C@H](O)CC1=CC[C@@H]1[C@@H]2CC[C@]2(C)C(=O)[C@]3(C[C@@H]12)[C@@H](c1ccc(F)cc1)[C@@H]1CSCN1[C@@]31C(=O)c2cccc3cccc1c23. The molecule has 10 rings (SSSR count). The Morgan fingerprint density at radius 1 is 0.936 bits per heavy atom. The second-order valence-electron chi connectivity index (χ2n) is 16.4. The van der Waals surface area contributed by atoms with Gasteiger partial charge >= 0.3 is 0 Å². The molecule has 2 spiro atoms. The second-order valence-corrected chi connectivity index (χ2v) is 17.4. The van der Waals surface area contributed by atoms with Crippen molar-refractivity contribution in [2.24, 2.45) is 34.0 Å². The first-order valence-electron chi connectivity index (χ1n) is 17.8. The summed E-state index contributed by atoms with van der Waals surface area (Å²) in [5.41, 5.74) is 1.62. The molecule has 3 saturated carbocycles. The largest absolute Gasteiger partial charge is 0.393 e. The molecular formula is C41H42FNO3S. The number of thioether (sulfide) groups is 1. The van der Waals surface area contributed by atoms with Gasteiger partial charge in [0.1, 0.15) is 17.1 Å². The minimum Gasteiger partial charge on any atom is -0.393 e. The van der Waals surface area contributed by atoms with Crippen LogP contribution in [0.15, 0.2) is 72.3 Å². The number of Topliss-reactive ketones (excluding diaryl/α,β-unsaturated/α-hetero) is 2. The Bertz CT molecular complexity index is 1920. The number of hydrogen-bond donors (Lipinski definition) is 1. The molecule has 10 atom stereocenters. The quantitative estimate of drug-likeness (QED) is 0.271. The molecule has 47 heavy (non-hydrogen) atoms. The van der Waals surface area contributed by atoms with E-state index in [9.17, 15) is 9.50 Å². The normalized spacial score (nSPS) is 43.4. The summed E-state index contributed by atoms with van der Waals surface area (Å²) in [6.07, 6.45) is 8.23. The van der Waals surface area contributed by atoms with E-state index >= 15 is 9.59 Å². The Morgan fingerprint density at radius 3 is 2.51 bits per heavy atom. The van der Waals surface area contributed by atoms with E-state index in [0.29, 0.717) is 24.1 Å². The number of allylic oxidation sites excluding steroid dienone is 1. The summed E-state index contributed by atoms with van der Waals surface area (Å²) < 4.78 is 14.5. The maximum atomic E-state index is 16.1. The first kappa shape index (κ1) is 29.1. The van der Waals surface area contributed by atoms with Crippen molar-refractivity contribution in [3.05, 3.63) is 94.8 Å². The molecule has 6 heteroatoms. The maximum Gasteiger partial charge on any atom is 0.189 e. The Labute approximate surface area is 280 Å². The lowest BCUT2D eigenvalue weighted by atomic mass is 9.48. The number of nitrogens with zero attached hydrogens (tertiary/aromatic N) is 1. The number of rotatable bonds is 1. The Hall–Kier alpha value is -2.80. The van der Waals surface area contributed by atoms with Gasteiger partial charge in [0.15, 0.2) is 5.78 Å². The number of halogens is 1. The van der Waals surface area contributed by atoms with Gasteiger partial charge in [-0.1, -0.05) is 74.0 Å². The highest BCUT2D eigenvalue weighted by Gasteiger charge is 2.82. The number of aliphatic hydroxyl groups excluding tert-OH is 1. The van der Waals surface area contributed by atoms with E-state index in [1.165, 1.54) is 5.57 Å². The molecule has 2 heterocycles. The predicted molar refractivity (Wildman–Crippen MR) is 183 cm³/mol. The van der Waals surface area contributed by atoms with E-state index in [-0.39, 0.29) is 46.8 Å². The number of benzene rings is 3. The highest BCUT2D eigenvalue weighted by atomic mass is 32.2. The molecule has 0 aromatic heterocycles. The fraction of sp³-hybridized carbons (Fsp3) is 0.512. The van der Waals surface area contributed by atoms with Gasteiger partial charge in [-0.3, -0.25) is 14.5 Å². The fourth-order valence-electron chi connectivity index (χ4n) is 13.1. The van der Waals surface area contributed by atoms with Gasteiger partial charge in [0, 0.05) is 34.6 Å². The summed E-state index contributed by atoms with van der Waals surface area (Å²) in [7, 11) is 0. The predicted octanol–water partition coefficient (Wildman–Crippen LogP) is 8.03. The van der Waals surface area contributed by atoms with Crippen LogP contribution in [0.2, 0.25) is 0 Å². The average molecular weight is 648 g/mol. The van der Waals surface area contributed by atoms with E-state index in [0.717, 1.165) is 71.7 Å². The van der Waals surface area contributed by atoms with Gasteiger partial charge in [-0.25, -0.2) is 4.39 Å². The van der Waals surface area contributed by atoms with Crippen LogP contribution in [0.3, 0.4) is 0 Å². The smallest absolute Gasteiger partial charge is 0.189 e. The van der Waals surface area contributed by atoms with Crippen molar-refractivity contribution in [3.8, 4) is 0 Å². The number of carbonyl (C=O) groups is 2. The van der Waals surface area contributed by atoms with E-state index in [1.54, 1.807) is 12.1 Å². The van der Waals surface area contributed by atoms with Gasteiger partial charge in [0.25, 0.3) is 0 Å². The zero-order valence-corrected chi connectivity index (χ0v) is 28.0. The molecule has 3 aromatic carbocycles. The summed E-state index contributed by atoms with van der Waals surface area (Å²) >= 11 is 1.86. The van der Waals surface area contributed by atoms with Crippen LogP contribution in [0.5, 0.6) is 0 Å². The molecule has 2 saturated heterocycles. The molecule has 7 aliphatic rings. The monoisotopic (exact) mass is 647 g/mol. The van der Waals surface area contributed by atoms with E-state index in [4.69, 9.17) is 0 Å². The number of aliphatic hydroxyl groups is 1. The number of fused-ring (bicyclic) bond motifs is 9.